The van der Waals surface area contributed by atoms with Crippen LogP contribution in [0.25, 0.3) is 0 Å². The van der Waals surface area contributed by atoms with Crippen LogP contribution >= 0.6 is 11.8 Å². The Kier molecular flexibility index (Phi) is 3.63. The van der Waals surface area contributed by atoms with Gasteiger partial charge in [0.2, 0.25) is 5.91 Å². The molecule has 8 nitrogen and oxygen atoms in total. The third-order valence-electron chi connectivity index (χ3n) is 1.44. The quantitative estimate of drug-likeness (QED) is 0.174. The molecule has 9 heteroatoms. The highest BCUT2D eigenvalue weighted by Crippen LogP contribution is 2.09. The molecule has 0 radical (unpaired) electrons. The van der Waals surface area contributed by atoms with E-state index in [4.69, 9.17) is 5.84 Å². The van der Waals surface area contributed by atoms with Crippen molar-refractivity contribution in [3.63, 3.8) is 0 Å². The third kappa shape index (κ3) is 2.92. The first-order chi connectivity index (χ1) is 7.04. The van der Waals surface area contributed by atoms with Gasteiger partial charge < -0.3 is 0 Å². The molecule has 4 N–H and O–H groups in total. The molecule has 15 heavy (non-hydrogen) atoms. The number of hydrogen-bond acceptors (Lipinski definition) is 6. The van der Waals surface area contributed by atoms with Crippen LogP contribution in [0.15, 0.2) is 14.7 Å². The molecule has 0 bridgehead atoms. The van der Waals surface area contributed by atoms with Crippen molar-refractivity contribution >= 4 is 17.7 Å². The summed E-state index contributed by atoms with van der Waals surface area (Å²) in [5, 5.41) is 2.49. The molecule has 0 spiro atoms. The number of thioether (sulfide) groups is 1. The minimum atomic E-state index is -0.885. The first-order valence-electron chi connectivity index (χ1n) is 3.84. The number of hydrazine groups is 1. The monoisotopic (exact) mass is 231 g/mol. The van der Waals surface area contributed by atoms with Gasteiger partial charge in [-0.25, -0.2) is 5.84 Å². The highest BCUT2D eigenvalue weighted by atomic mass is 32.2. The van der Waals surface area contributed by atoms with Crippen LogP contribution in [-0.2, 0) is 11.8 Å². The first-order valence-corrected chi connectivity index (χ1v) is 4.82. The van der Waals surface area contributed by atoms with Gasteiger partial charge in [-0.1, -0.05) is 11.8 Å². The van der Waals surface area contributed by atoms with Crippen LogP contribution < -0.4 is 22.4 Å². The van der Waals surface area contributed by atoms with E-state index in [1.54, 1.807) is 0 Å². The Morgan fingerprint density at radius 1 is 1.67 bits per heavy atom. The summed E-state index contributed by atoms with van der Waals surface area (Å²) in [6, 6.07) is 0. The molecule has 1 rings (SSSR count). The summed E-state index contributed by atoms with van der Waals surface area (Å²) in [6.07, 6.45) is 0. The van der Waals surface area contributed by atoms with Crippen molar-refractivity contribution in [3.8, 4) is 0 Å². The minimum Gasteiger partial charge on any atom is -0.294 e. The molecule has 1 heterocycles. The Balaban J connectivity index is 2.87. The zero-order chi connectivity index (χ0) is 11.4. The summed E-state index contributed by atoms with van der Waals surface area (Å²) in [7, 11) is 1.51. The Morgan fingerprint density at radius 2 is 2.33 bits per heavy atom. The molecule has 0 aromatic carbocycles. The number of nitrogens with one attached hydrogen (secondary N) is 2. The number of rotatable bonds is 3. The fraction of sp³-hybridized carbons (Fsp3) is 0.333. The summed E-state index contributed by atoms with van der Waals surface area (Å²) in [6.45, 7) is 0. The van der Waals surface area contributed by atoms with E-state index >= 15 is 0 Å². The maximum Gasteiger partial charge on any atom is 0.339 e. The van der Waals surface area contributed by atoms with E-state index in [-0.39, 0.29) is 10.9 Å². The number of amides is 1. The highest BCUT2D eigenvalue weighted by Gasteiger charge is 2.06. The maximum absolute atomic E-state index is 10.9. The predicted molar refractivity (Wildman–Crippen MR) is 53.2 cm³/mol. The van der Waals surface area contributed by atoms with E-state index in [1.807, 2.05) is 5.43 Å². The van der Waals surface area contributed by atoms with Gasteiger partial charge in [-0.05, 0) is 0 Å². The molecule has 1 amide bonds. The second-order valence-corrected chi connectivity index (χ2v) is 3.50. The fourth-order valence-corrected chi connectivity index (χ4v) is 1.49. The van der Waals surface area contributed by atoms with Gasteiger partial charge in [-0.3, -0.25) is 29.6 Å². The van der Waals surface area contributed by atoms with Crippen LogP contribution in [0.1, 0.15) is 0 Å². The van der Waals surface area contributed by atoms with Gasteiger partial charge in [0.1, 0.15) is 0 Å². The second-order valence-electron chi connectivity index (χ2n) is 2.56. The molecule has 1 aromatic heterocycles. The molecular formula is C6H9N5O3S. The van der Waals surface area contributed by atoms with E-state index in [9.17, 15) is 14.4 Å². The van der Waals surface area contributed by atoms with E-state index in [1.165, 1.54) is 11.7 Å². The van der Waals surface area contributed by atoms with Gasteiger partial charge in [0.05, 0.1) is 5.75 Å². The molecule has 0 aliphatic rings. The number of H-pyrrole nitrogens is 1. The van der Waals surface area contributed by atoms with Gasteiger partial charge >= 0.3 is 11.1 Å². The van der Waals surface area contributed by atoms with Crippen molar-refractivity contribution in [1.29, 1.82) is 0 Å². The molecule has 0 unspecified atom stereocenters. The molecule has 0 aliphatic heterocycles. The molecular weight excluding hydrogens is 222 g/mol. The third-order valence-corrected chi connectivity index (χ3v) is 2.47. The van der Waals surface area contributed by atoms with Crippen LogP contribution in [0.5, 0.6) is 0 Å². The SMILES string of the molecule is Cn1[nH]c(=O)c(=O)nc1SCC(=O)NN. The lowest BCUT2D eigenvalue weighted by Gasteiger charge is -2.04. The number of hydrogen-bond donors (Lipinski definition) is 3. The van der Waals surface area contributed by atoms with Crippen molar-refractivity contribution in [2.24, 2.45) is 12.9 Å². The standard InChI is InChI=1S/C6H9N5O3S/c1-11-6(15-2-3(12)9-7)8-4(13)5(14)10-11/h2,7H2,1H3,(H,9,12)(H,10,14). The van der Waals surface area contributed by atoms with Crippen molar-refractivity contribution in [2.75, 3.05) is 5.75 Å². The van der Waals surface area contributed by atoms with Crippen molar-refractivity contribution in [1.82, 2.24) is 20.2 Å². The maximum atomic E-state index is 10.9. The average Bonchev–Trinajstić information content (AvgIpc) is 2.21. The first kappa shape index (κ1) is 11.5. The predicted octanol–water partition coefficient (Wildman–Crippen LogP) is -2.45. The van der Waals surface area contributed by atoms with Crippen LogP contribution in [0.3, 0.4) is 0 Å². The number of aryl methyl sites for hydroxylation is 1. The van der Waals surface area contributed by atoms with Crippen molar-refractivity contribution in [2.45, 2.75) is 5.16 Å². The highest BCUT2D eigenvalue weighted by molar-refractivity contribution is 7.99. The molecule has 0 saturated carbocycles. The van der Waals surface area contributed by atoms with Crippen LogP contribution in [0.2, 0.25) is 0 Å². The summed E-state index contributed by atoms with van der Waals surface area (Å²) < 4.78 is 1.26. The Labute approximate surface area is 87.8 Å². The van der Waals surface area contributed by atoms with Gasteiger partial charge in [-0.15, -0.1) is 0 Å². The van der Waals surface area contributed by atoms with E-state index < -0.39 is 17.0 Å². The molecule has 0 saturated heterocycles. The minimum absolute atomic E-state index is 0.0167. The number of nitrogens with zero attached hydrogens (tertiary/aromatic N) is 2. The van der Waals surface area contributed by atoms with Crippen molar-refractivity contribution in [3.05, 3.63) is 20.7 Å². The summed E-state index contributed by atoms with van der Waals surface area (Å²) in [5.41, 5.74) is 0.248. The summed E-state index contributed by atoms with van der Waals surface area (Å²) >= 11 is 0.992. The lowest BCUT2D eigenvalue weighted by atomic mass is 10.8. The Morgan fingerprint density at radius 3 is 2.93 bits per heavy atom. The van der Waals surface area contributed by atoms with E-state index in [0.717, 1.165) is 11.8 Å². The van der Waals surface area contributed by atoms with Gasteiger partial charge in [0.15, 0.2) is 5.16 Å². The lowest BCUT2D eigenvalue weighted by Crippen LogP contribution is -2.35. The average molecular weight is 231 g/mol. The van der Waals surface area contributed by atoms with Crippen LogP contribution in [0, 0.1) is 0 Å². The fourth-order valence-electron chi connectivity index (χ4n) is 0.761. The van der Waals surface area contributed by atoms with Gasteiger partial charge in [0, 0.05) is 7.05 Å². The Hall–Kier alpha value is -1.61. The second kappa shape index (κ2) is 4.75. The molecule has 82 valence electrons. The zero-order valence-electron chi connectivity index (χ0n) is 7.81. The molecule has 1 aromatic rings. The number of aromatic nitrogens is 3. The molecule has 0 aliphatic carbocycles. The smallest absolute Gasteiger partial charge is 0.294 e. The van der Waals surface area contributed by atoms with Gasteiger partial charge in [-0.2, -0.15) is 4.98 Å². The summed E-state index contributed by atoms with van der Waals surface area (Å²) in [4.78, 5) is 36.0. The van der Waals surface area contributed by atoms with Gasteiger partial charge in [0.25, 0.3) is 0 Å². The Bertz CT molecular complexity index is 478. The normalized spacial score (nSPS) is 10.0. The number of nitrogens with two attached hydrogens (primary N) is 1. The zero-order valence-corrected chi connectivity index (χ0v) is 8.63. The number of carbonyl (C=O) groups is 1. The van der Waals surface area contributed by atoms with E-state index in [2.05, 4.69) is 10.1 Å². The van der Waals surface area contributed by atoms with Crippen LogP contribution in [0.4, 0.5) is 0 Å². The molecule has 0 atom stereocenters. The number of aromatic amines is 1. The topological polar surface area (TPSA) is 123 Å². The lowest BCUT2D eigenvalue weighted by molar-refractivity contribution is -0.118. The number of carbonyl (C=O) groups excluding carboxylic acids is 1. The molecule has 0 fully saturated rings. The summed E-state index contributed by atoms with van der Waals surface area (Å²) in [5.74, 6) is 4.48. The largest absolute Gasteiger partial charge is 0.339 e. The van der Waals surface area contributed by atoms with Crippen LogP contribution in [-0.4, -0.2) is 26.4 Å². The van der Waals surface area contributed by atoms with E-state index in [0.29, 0.717) is 0 Å². The van der Waals surface area contributed by atoms with Crippen molar-refractivity contribution < 1.29 is 4.79 Å².